The zero-order valence-corrected chi connectivity index (χ0v) is 12.0. The van der Waals surface area contributed by atoms with Gasteiger partial charge >= 0.3 is 0 Å². The number of hydrogen-bond acceptors (Lipinski definition) is 2. The maximum Gasteiger partial charge on any atom is 0.0102 e. The van der Waals surface area contributed by atoms with E-state index >= 15 is 0 Å². The van der Waals surface area contributed by atoms with Crippen LogP contribution in [0, 0.1) is 6.92 Å². The highest BCUT2D eigenvalue weighted by molar-refractivity contribution is 5.31. The quantitative estimate of drug-likeness (QED) is 0.878. The number of rotatable bonds is 4. The minimum Gasteiger partial charge on any atom is -0.319 e. The summed E-state index contributed by atoms with van der Waals surface area (Å²) < 4.78 is 0. The van der Waals surface area contributed by atoms with Gasteiger partial charge in [-0.2, -0.15) is 0 Å². The Morgan fingerprint density at radius 2 is 2.00 bits per heavy atom. The fourth-order valence-corrected chi connectivity index (χ4v) is 3.18. The number of benzene rings is 1. The Bertz CT molecular complexity index is 378. The minimum absolute atomic E-state index is 0.340. The summed E-state index contributed by atoms with van der Waals surface area (Å²) in [4.78, 5) is 2.56. The van der Waals surface area contributed by atoms with Gasteiger partial charge in [0.15, 0.2) is 0 Å². The van der Waals surface area contributed by atoms with E-state index in [0.717, 1.165) is 6.54 Å². The molecule has 2 heteroatoms. The van der Waals surface area contributed by atoms with Crippen LogP contribution in [-0.2, 0) is 5.41 Å². The zero-order chi connectivity index (χ0) is 13.0. The van der Waals surface area contributed by atoms with Crippen LogP contribution >= 0.6 is 0 Å². The van der Waals surface area contributed by atoms with Crippen molar-refractivity contribution in [3.05, 3.63) is 35.4 Å². The number of likely N-dealkylation sites (tertiary alicyclic amines) is 1. The number of likely N-dealkylation sites (N-methyl/N-ethyl adjacent to an activating group) is 1. The van der Waals surface area contributed by atoms with Crippen LogP contribution in [0.5, 0.6) is 0 Å². The summed E-state index contributed by atoms with van der Waals surface area (Å²) in [7, 11) is 2.07. The van der Waals surface area contributed by atoms with Crippen LogP contribution in [0.4, 0.5) is 0 Å². The Morgan fingerprint density at radius 1 is 1.28 bits per heavy atom. The summed E-state index contributed by atoms with van der Waals surface area (Å²) in [5.74, 6) is 0. The van der Waals surface area contributed by atoms with Gasteiger partial charge in [-0.15, -0.1) is 0 Å². The predicted molar refractivity (Wildman–Crippen MR) is 78.1 cm³/mol. The van der Waals surface area contributed by atoms with Crippen molar-refractivity contribution in [2.75, 3.05) is 33.2 Å². The van der Waals surface area contributed by atoms with Gasteiger partial charge in [0.1, 0.15) is 0 Å². The number of nitrogens with zero attached hydrogens (tertiary/aromatic N) is 1. The third-order valence-electron chi connectivity index (χ3n) is 4.41. The molecule has 100 valence electrons. The normalized spacial score (nSPS) is 19.9. The first kappa shape index (κ1) is 13.6. The highest BCUT2D eigenvalue weighted by Crippen LogP contribution is 2.35. The van der Waals surface area contributed by atoms with Gasteiger partial charge in [0.05, 0.1) is 0 Å². The first-order valence-corrected chi connectivity index (χ1v) is 7.14. The highest BCUT2D eigenvalue weighted by Gasteiger charge is 2.35. The minimum atomic E-state index is 0.340. The number of aryl methyl sites for hydroxylation is 1. The first-order valence-electron chi connectivity index (χ1n) is 7.14. The van der Waals surface area contributed by atoms with E-state index < -0.39 is 0 Å². The van der Waals surface area contributed by atoms with Gasteiger partial charge in [0, 0.05) is 12.0 Å². The fraction of sp³-hybridized carbons (Fsp3) is 0.625. The molecule has 0 aromatic heterocycles. The lowest BCUT2D eigenvalue weighted by Crippen LogP contribution is -2.47. The van der Waals surface area contributed by atoms with Crippen LogP contribution in [-0.4, -0.2) is 38.1 Å². The van der Waals surface area contributed by atoms with Crippen molar-refractivity contribution in [2.24, 2.45) is 0 Å². The monoisotopic (exact) mass is 246 g/mol. The second-order valence-corrected chi connectivity index (χ2v) is 5.61. The van der Waals surface area contributed by atoms with Gasteiger partial charge < -0.3 is 10.2 Å². The Balaban J connectivity index is 2.22. The summed E-state index contributed by atoms with van der Waals surface area (Å²) in [6, 6.07) is 9.08. The van der Waals surface area contributed by atoms with E-state index in [2.05, 4.69) is 55.4 Å². The number of piperidine rings is 1. The van der Waals surface area contributed by atoms with Crippen LogP contribution in [0.1, 0.15) is 30.9 Å². The molecule has 18 heavy (non-hydrogen) atoms. The molecular formula is C16H26N2. The molecule has 0 amide bonds. The van der Waals surface area contributed by atoms with Crippen molar-refractivity contribution < 1.29 is 0 Å². The third kappa shape index (κ3) is 2.76. The van der Waals surface area contributed by atoms with Gasteiger partial charge in [-0.05, 0) is 52.0 Å². The smallest absolute Gasteiger partial charge is 0.0102 e. The van der Waals surface area contributed by atoms with E-state index in [1.807, 2.05) is 0 Å². The average Bonchev–Trinajstić information content (AvgIpc) is 2.40. The molecule has 0 aliphatic carbocycles. The largest absolute Gasteiger partial charge is 0.319 e. The van der Waals surface area contributed by atoms with Gasteiger partial charge in [0.25, 0.3) is 0 Å². The van der Waals surface area contributed by atoms with Crippen molar-refractivity contribution in [3.8, 4) is 0 Å². The third-order valence-corrected chi connectivity index (χ3v) is 4.41. The molecule has 1 heterocycles. The summed E-state index contributed by atoms with van der Waals surface area (Å²) >= 11 is 0. The highest BCUT2D eigenvalue weighted by atomic mass is 15.1. The first-order chi connectivity index (χ1) is 8.70. The summed E-state index contributed by atoms with van der Waals surface area (Å²) in [5.41, 5.74) is 3.24. The van der Waals surface area contributed by atoms with Gasteiger partial charge in [0.2, 0.25) is 0 Å². The lowest BCUT2D eigenvalue weighted by molar-refractivity contribution is 0.164. The lowest BCUT2D eigenvalue weighted by Gasteiger charge is -2.42. The van der Waals surface area contributed by atoms with Crippen LogP contribution < -0.4 is 5.32 Å². The molecule has 2 rings (SSSR count). The molecule has 0 radical (unpaired) electrons. The average molecular weight is 246 g/mol. The van der Waals surface area contributed by atoms with E-state index in [4.69, 9.17) is 0 Å². The van der Waals surface area contributed by atoms with Crippen molar-refractivity contribution >= 4 is 0 Å². The van der Waals surface area contributed by atoms with Crippen molar-refractivity contribution in [1.29, 1.82) is 0 Å². The Labute approximate surface area is 111 Å². The van der Waals surface area contributed by atoms with Crippen molar-refractivity contribution in [3.63, 3.8) is 0 Å². The van der Waals surface area contributed by atoms with E-state index in [9.17, 15) is 0 Å². The molecule has 1 aromatic carbocycles. The molecule has 0 unspecified atom stereocenters. The van der Waals surface area contributed by atoms with E-state index in [0.29, 0.717) is 5.41 Å². The molecule has 1 fully saturated rings. The maximum absolute atomic E-state index is 3.41. The Morgan fingerprint density at radius 3 is 2.56 bits per heavy atom. The molecular weight excluding hydrogens is 220 g/mol. The predicted octanol–water partition coefficient (Wildman–Crippen LogP) is 2.57. The second-order valence-electron chi connectivity index (χ2n) is 5.61. The zero-order valence-electron chi connectivity index (χ0n) is 12.0. The van der Waals surface area contributed by atoms with E-state index in [1.54, 1.807) is 0 Å². The molecule has 0 spiro atoms. The summed E-state index contributed by atoms with van der Waals surface area (Å²) in [6.45, 7) is 9.19. The topological polar surface area (TPSA) is 15.3 Å². The molecule has 2 nitrogen and oxygen atoms in total. The molecule has 1 aliphatic heterocycles. The van der Waals surface area contributed by atoms with Crippen molar-refractivity contribution in [1.82, 2.24) is 10.2 Å². The second kappa shape index (κ2) is 5.85. The molecule has 0 bridgehead atoms. The van der Waals surface area contributed by atoms with E-state index in [-0.39, 0.29) is 0 Å². The summed E-state index contributed by atoms with van der Waals surface area (Å²) in [5, 5.41) is 3.41. The SMILES string of the molecule is CCN1CCC(CNC)(c2cccc(C)c2)CC1. The van der Waals surface area contributed by atoms with Crippen LogP contribution in [0.2, 0.25) is 0 Å². The van der Waals surface area contributed by atoms with Gasteiger partial charge in [-0.25, -0.2) is 0 Å². The van der Waals surface area contributed by atoms with Gasteiger partial charge in [-0.3, -0.25) is 0 Å². The molecule has 0 atom stereocenters. The van der Waals surface area contributed by atoms with Crippen LogP contribution in [0.3, 0.4) is 0 Å². The molecule has 1 N–H and O–H groups in total. The lowest BCUT2D eigenvalue weighted by atomic mass is 9.72. The van der Waals surface area contributed by atoms with Gasteiger partial charge in [-0.1, -0.05) is 36.8 Å². The fourth-order valence-electron chi connectivity index (χ4n) is 3.18. The molecule has 1 aromatic rings. The van der Waals surface area contributed by atoms with Crippen LogP contribution in [0.15, 0.2) is 24.3 Å². The van der Waals surface area contributed by atoms with Crippen LogP contribution in [0.25, 0.3) is 0 Å². The number of nitrogens with one attached hydrogen (secondary N) is 1. The maximum atomic E-state index is 3.41. The molecule has 1 aliphatic rings. The number of hydrogen-bond donors (Lipinski definition) is 1. The van der Waals surface area contributed by atoms with E-state index in [1.165, 1.54) is 43.6 Å². The standard InChI is InChI=1S/C16H26N2/c1-4-18-10-8-16(9-11-18,13-17-3)15-7-5-6-14(2)12-15/h5-7,12,17H,4,8-11,13H2,1-3H3. The molecule has 1 saturated heterocycles. The molecule has 0 saturated carbocycles. The Kier molecular flexibility index (Phi) is 4.41. The summed E-state index contributed by atoms with van der Waals surface area (Å²) in [6.07, 6.45) is 2.54. The Hall–Kier alpha value is -0.860. The van der Waals surface area contributed by atoms with Crippen molar-refractivity contribution in [2.45, 2.75) is 32.1 Å².